The molecule has 3 unspecified atom stereocenters. The minimum Gasteiger partial charge on any atom is -0.349 e. The molecule has 0 amide bonds. The number of hydrogen-bond acceptors (Lipinski definition) is 2. The second-order valence-electron chi connectivity index (χ2n) is 5.22. The predicted molar refractivity (Wildman–Crippen MR) is 79.0 cm³/mol. The second kappa shape index (κ2) is 6.88. The zero-order valence-corrected chi connectivity index (χ0v) is 12.1. The molecule has 1 aromatic rings. The van der Waals surface area contributed by atoms with E-state index in [-0.39, 0.29) is 6.29 Å². The van der Waals surface area contributed by atoms with Crippen molar-refractivity contribution in [1.82, 2.24) is 0 Å². The van der Waals surface area contributed by atoms with Crippen LogP contribution in [0.15, 0.2) is 30.3 Å². The Bertz CT molecular complexity index is 408. The van der Waals surface area contributed by atoms with Crippen LogP contribution < -0.4 is 0 Å². The van der Waals surface area contributed by atoms with Crippen LogP contribution in [0.5, 0.6) is 0 Å². The lowest BCUT2D eigenvalue weighted by molar-refractivity contribution is -0.237. The summed E-state index contributed by atoms with van der Waals surface area (Å²) >= 11 is 0. The van der Waals surface area contributed by atoms with Crippen LogP contribution >= 0.6 is 0 Å². The van der Waals surface area contributed by atoms with Gasteiger partial charge in [-0.2, -0.15) is 0 Å². The van der Waals surface area contributed by atoms with Gasteiger partial charge in [-0.25, -0.2) is 0 Å². The summed E-state index contributed by atoms with van der Waals surface area (Å²) in [7, 11) is 0. The highest BCUT2D eigenvalue weighted by Crippen LogP contribution is 2.23. The van der Waals surface area contributed by atoms with Crippen molar-refractivity contribution in [3.63, 3.8) is 0 Å². The molecule has 0 aliphatic carbocycles. The molecule has 1 aliphatic rings. The molecule has 1 aromatic carbocycles. The summed E-state index contributed by atoms with van der Waals surface area (Å²) < 4.78 is 11.8. The Kier molecular flexibility index (Phi) is 5.17. The van der Waals surface area contributed by atoms with Gasteiger partial charge < -0.3 is 9.47 Å². The maximum absolute atomic E-state index is 5.95. The largest absolute Gasteiger partial charge is 0.349 e. The van der Waals surface area contributed by atoms with Gasteiger partial charge in [-0.1, -0.05) is 43.3 Å². The third-order valence-corrected chi connectivity index (χ3v) is 3.52. The Balaban J connectivity index is 1.96. The van der Waals surface area contributed by atoms with Crippen molar-refractivity contribution in [1.29, 1.82) is 0 Å². The highest BCUT2D eigenvalue weighted by Gasteiger charge is 2.26. The number of rotatable bonds is 4. The molecular formula is C17H24O2. The summed E-state index contributed by atoms with van der Waals surface area (Å²) in [5, 5.41) is 0. The molecule has 0 aromatic heterocycles. The Morgan fingerprint density at radius 3 is 2.58 bits per heavy atom. The molecule has 2 heteroatoms. The molecule has 3 atom stereocenters. The average Bonchev–Trinajstić information content (AvgIpc) is 2.40. The van der Waals surface area contributed by atoms with Crippen LogP contribution in [-0.2, 0) is 15.9 Å². The number of hydrogen-bond donors (Lipinski definition) is 0. The van der Waals surface area contributed by atoms with Crippen LogP contribution in [0, 0.1) is 0 Å². The van der Waals surface area contributed by atoms with Crippen LogP contribution in [0.1, 0.15) is 44.7 Å². The van der Waals surface area contributed by atoms with Crippen LogP contribution in [0.4, 0.5) is 0 Å². The van der Waals surface area contributed by atoms with Gasteiger partial charge in [-0.15, -0.1) is 0 Å². The topological polar surface area (TPSA) is 18.5 Å². The van der Waals surface area contributed by atoms with Crippen molar-refractivity contribution in [2.24, 2.45) is 0 Å². The normalized spacial score (nSPS) is 27.8. The highest BCUT2D eigenvalue weighted by molar-refractivity contribution is 5.49. The fourth-order valence-corrected chi connectivity index (χ4v) is 2.50. The van der Waals surface area contributed by atoms with E-state index in [1.807, 2.05) is 6.92 Å². The first-order valence-electron chi connectivity index (χ1n) is 7.23. The van der Waals surface area contributed by atoms with E-state index in [4.69, 9.17) is 9.47 Å². The Labute approximate surface area is 116 Å². The molecule has 1 saturated heterocycles. The molecule has 0 radical (unpaired) electrons. The SMILES string of the molecule is C/C=C/c1ccc(CC2OC(C)CC(CC)O2)cc1. The maximum Gasteiger partial charge on any atom is 0.162 e. The summed E-state index contributed by atoms with van der Waals surface area (Å²) in [5.41, 5.74) is 2.50. The van der Waals surface area contributed by atoms with E-state index in [0.29, 0.717) is 12.2 Å². The van der Waals surface area contributed by atoms with Crippen molar-refractivity contribution in [2.45, 2.75) is 58.5 Å². The first kappa shape index (κ1) is 14.3. The molecule has 1 aliphatic heterocycles. The lowest BCUT2D eigenvalue weighted by Gasteiger charge is -2.34. The average molecular weight is 260 g/mol. The van der Waals surface area contributed by atoms with Crippen molar-refractivity contribution < 1.29 is 9.47 Å². The summed E-state index contributed by atoms with van der Waals surface area (Å²) in [6.45, 7) is 6.34. The Morgan fingerprint density at radius 1 is 1.21 bits per heavy atom. The van der Waals surface area contributed by atoms with E-state index in [9.17, 15) is 0 Å². The molecule has 0 N–H and O–H groups in total. The summed E-state index contributed by atoms with van der Waals surface area (Å²) in [6, 6.07) is 8.59. The minimum atomic E-state index is -0.0960. The van der Waals surface area contributed by atoms with E-state index in [2.05, 4.69) is 50.3 Å². The molecule has 19 heavy (non-hydrogen) atoms. The highest BCUT2D eigenvalue weighted by atomic mass is 16.7. The first-order valence-corrected chi connectivity index (χ1v) is 7.23. The Morgan fingerprint density at radius 2 is 1.95 bits per heavy atom. The quantitative estimate of drug-likeness (QED) is 0.808. The predicted octanol–water partition coefficient (Wildman–Crippen LogP) is 4.19. The molecule has 1 heterocycles. The Hall–Kier alpha value is -1.12. The summed E-state index contributed by atoms with van der Waals surface area (Å²) in [6.07, 6.45) is 7.60. The number of ether oxygens (including phenoxy) is 2. The standard InChI is InChI=1S/C17H24O2/c1-4-6-14-7-9-15(10-8-14)12-17-18-13(3)11-16(5-2)19-17/h4,6-10,13,16-17H,5,11-12H2,1-3H3/b6-4+. The monoisotopic (exact) mass is 260 g/mol. The first-order chi connectivity index (χ1) is 9.21. The van der Waals surface area contributed by atoms with E-state index in [1.165, 1.54) is 11.1 Å². The maximum atomic E-state index is 5.95. The molecule has 0 saturated carbocycles. The minimum absolute atomic E-state index is 0.0960. The van der Waals surface area contributed by atoms with E-state index >= 15 is 0 Å². The van der Waals surface area contributed by atoms with Crippen molar-refractivity contribution in [3.05, 3.63) is 41.5 Å². The fourth-order valence-electron chi connectivity index (χ4n) is 2.50. The van der Waals surface area contributed by atoms with E-state index in [0.717, 1.165) is 19.3 Å². The van der Waals surface area contributed by atoms with Gasteiger partial charge in [-0.3, -0.25) is 0 Å². The molecule has 0 spiro atoms. The van der Waals surface area contributed by atoms with Crippen molar-refractivity contribution >= 4 is 6.08 Å². The summed E-state index contributed by atoms with van der Waals surface area (Å²) in [4.78, 5) is 0. The lowest BCUT2D eigenvalue weighted by atomic mass is 10.1. The van der Waals surface area contributed by atoms with E-state index in [1.54, 1.807) is 0 Å². The molecular weight excluding hydrogens is 236 g/mol. The third-order valence-electron chi connectivity index (χ3n) is 3.52. The van der Waals surface area contributed by atoms with Crippen LogP contribution in [0.3, 0.4) is 0 Å². The molecule has 2 rings (SSSR count). The van der Waals surface area contributed by atoms with Gasteiger partial charge in [0, 0.05) is 6.42 Å². The molecule has 1 fully saturated rings. The van der Waals surface area contributed by atoms with Gasteiger partial charge in [0.2, 0.25) is 0 Å². The zero-order valence-electron chi connectivity index (χ0n) is 12.1. The van der Waals surface area contributed by atoms with Crippen LogP contribution in [-0.4, -0.2) is 18.5 Å². The molecule has 104 valence electrons. The van der Waals surface area contributed by atoms with Gasteiger partial charge >= 0.3 is 0 Å². The second-order valence-corrected chi connectivity index (χ2v) is 5.22. The molecule has 2 nitrogen and oxygen atoms in total. The fraction of sp³-hybridized carbons (Fsp3) is 0.529. The van der Waals surface area contributed by atoms with Gasteiger partial charge in [0.1, 0.15) is 0 Å². The van der Waals surface area contributed by atoms with Gasteiger partial charge in [-0.05, 0) is 37.8 Å². The van der Waals surface area contributed by atoms with Crippen LogP contribution in [0.2, 0.25) is 0 Å². The number of allylic oxidation sites excluding steroid dienone is 1. The lowest BCUT2D eigenvalue weighted by Crippen LogP contribution is -2.37. The zero-order chi connectivity index (χ0) is 13.7. The van der Waals surface area contributed by atoms with Gasteiger partial charge in [0.25, 0.3) is 0 Å². The van der Waals surface area contributed by atoms with Crippen LogP contribution in [0.25, 0.3) is 6.08 Å². The van der Waals surface area contributed by atoms with Gasteiger partial charge in [0.05, 0.1) is 12.2 Å². The summed E-state index contributed by atoms with van der Waals surface area (Å²) in [5.74, 6) is 0. The smallest absolute Gasteiger partial charge is 0.162 e. The molecule has 0 bridgehead atoms. The van der Waals surface area contributed by atoms with Crippen molar-refractivity contribution in [3.8, 4) is 0 Å². The third kappa shape index (κ3) is 4.19. The van der Waals surface area contributed by atoms with Gasteiger partial charge in [0.15, 0.2) is 6.29 Å². The van der Waals surface area contributed by atoms with Crippen molar-refractivity contribution in [2.75, 3.05) is 0 Å². The number of benzene rings is 1. The van der Waals surface area contributed by atoms with E-state index < -0.39 is 0 Å².